The van der Waals surface area contributed by atoms with Gasteiger partial charge >= 0.3 is 0 Å². The van der Waals surface area contributed by atoms with Crippen molar-refractivity contribution in [3.05, 3.63) is 73.3 Å². The lowest BCUT2D eigenvalue weighted by molar-refractivity contribution is 0.413. The van der Waals surface area contributed by atoms with E-state index in [1.54, 1.807) is 42.9 Å². The van der Waals surface area contributed by atoms with Crippen LogP contribution in [0.2, 0.25) is 0 Å². The molecule has 1 N–H and O–H groups in total. The maximum Gasteiger partial charge on any atom is 0.261 e. The van der Waals surface area contributed by atoms with Crippen LogP contribution in [0.25, 0.3) is 17.0 Å². The predicted octanol–water partition coefficient (Wildman–Crippen LogP) is 3.65. The molecule has 4 rings (SSSR count). The molecule has 2 heterocycles. The zero-order valence-corrected chi connectivity index (χ0v) is 16.6. The lowest BCUT2D eigenvalue weighted by Crippen LogP contribution is -2.13. The number of hydrogen-bond donors (Lipinski definition) is 1. The summed E-state index contributed by atoms with van der Waals surface area (Å²) in [6.45, 7) is 1.89. The number of nitrogens with zero attached hydrogens (tertiary/aromatic N) is 3. The summed E-state index contributed by atoms with van der Waals surface area (Å²) in [7, 11) is -2.24. The number of aryl methyl sites for hydroxylation is 1. The van der Waals surface area contributed by atoms with E-state index in [0.29, 0.717) is 17.2 Å². The Bertz CT molecular complexity index is 1230. The topological polar surface area (TPSA) is 99.2 Å². The fraction of sp³-hybridized carbons (Fsp3) is 0.100. The van der Waals surface area contributed by atoms with E-state index in [0.717, 1.165) is 16.9 Å². The number of nitrogens with one attached hydrogen (secondary N) is 1. The van der Waals surface area contributed by atoms with Gasteiger partial charge in [-0.25, -0.2) is 18.4 Å². The third kappa shape index (κ3) is 3.85. The number of hydrogen-bond acceptors (Lipinski definition) is 6. The second-order valence-corrected chi connectivity index (χ2v) is 7.99. The first-order chi connectivity index (χ1) is 14.0. The van der Waals surface area contributed by atoms with Crippen molar-refractivity contribution in [1.82, 2.24) is 14.5 Å². The van der Waals surface area contributed by atoms with Gasteiger partial charge in [0.2, 0.25) is 0 Å². The zero-order valence-electron chi connectivity index (χ0n) is 15.7. The van der Waals surface area contributed by atoms with Crippen molar-refractivity contribution in [2.75, 3.05) is 11.8 Å². The quantitative estimate of drug-likeness (QED) is 0.521. The Balaban J connectivity index is 1.59. The van der Waals surface area contributed by atoms with Crippen LogP contribution in [0, 0.1) is 6.92 Å². The van der Waals surface area contributed by atoms with E-state index in [-0.39, 0.29) is 4.90 Å². The molecule has 8 nitrogen and oxygen atoms in total. The van der Waals surface area contributed by atoms with Crippen LogP contribution in [-0.4, -0.2) is 30.1 Å². The van der Waals surface area contributed by atoms with Gasteiger partial charge in [0.1, 0.15) is 5.75 Å². The number of ether oxygens (including phenoxy) is 1. The summed E-state index contributed by atoms with van der Waals surface area (Å²) in [6, 6.07) is 11.4. The van der Waals surface area contributed by atoms with Gasteiger partial charge in [0, 0.05) is 17.8 Å². The SMILES string of the molecule is COc1cc(NS(=O)(=O)c2ccc(-c3cnco3)cc2)ccc1-n1cnc(C)c1. The second-order valence-electron chi connectivity index (χ2n) is 6.30. The molecule has 0 amide bonds. The molecule has 0 aliphatic heterocycles. The third-order valence-corrected chi connectivity index (χ3v) is 5.70. The molecule has 0 radical (unpaired) electrons. The van der Waals surface area contributed by atoms with Crippen LogP contribution in [0.3, 0.4) is 0 Å². The first-order valence-corrected chi connectivity index (χ1v) is 10.2. The van der Waals surface area contributed by atoms with Gasteiger partial charge in [-0.2, -0.15) is 0 Å². The van der Waals surface area contributed by atoms with Crippen molar-refractivity contribution >= 4 is 15.7 Å². The molecule has 0 aliphatic carbocycles. The number of sulfonamides is 1. The van der Waals surface area contributed by atoms with Crippen molar-refractivity contribution in [3.63, 3.8) is 0 Å². The molecule has 0 atom stereocenters. The monoisotopic (exact) mass is 410 g/mol. The van der Waals surface area contributed by atoms with Gasteiger partial charge in [0.15, 0.2) is 12.2 Å². The maximum atomic E-state index is 12.8. The van der Waals surface area contributed by atoms with E-state index in [9.17, 15) is 8.42 Å². The van der Waals surface area contributed by atoms with Crippen LogP contribution in [-0.2, 0) is 10.0 Å². The number of methoxy groups -OCH3 is 1. The molecule has 9 heteroatoms. The minimum Gasteiger partial charge on any atom is -0.494 e. The number of anilines is 1. The first kappa shape index (κ1) is 18.8. The minimum absolute atomic E-state index is 0.133. The third-order valence-electron chi connectivity index (χ3n) is 4.30. The van der Waals surface area contributed by atoms with Crippen LogP contribution in [0.15, 0.2) is 76.9 Å². The Labute approximate surface area is 167 Å². The molecule has 0 aliphatic rings. The van der Waals surface area contributed by atoms with E-state index < -0.39 is 10.0 Å². The summed E-state index contributed by atoms with van der Waals surface area (Å²) >= 11 is 0. The number of benzene rings is 2. The van der Waals surface area contributed by atoms with E-state index in [1.807, 2.05) is 17.7 Å². The maximum absolute atomic E-state index is 12.8. The molecular formula is C20H18N4O4S. The van der Waals surface area contributed by atoms with Gasteiger partial charge < -0.3 is 13.7 Å². The van der Waals surface area contributed by atoms with Gasteiger partial charge in [0.05, 0.1) is 41.6 Å². The number of oxazole rings is 1. The van der Waals surface area contributed by atoms with Crippen LogP contribution in [0.5, 0.6) is 5.75 Å². The Kier molecular flexibility index (Phi) is 4.81. The predicted molar refractivity (Wildman–Crippen MR) is 108 cm³/mol. The first-order valence-electron chi connectivity index (χ1n) is 8.67. The minimum atomic E-state index is -3.77. The number of rotatable bonds is 6. The molecule has 0 spiro atoms. The van der Waals surface area contributed by atoms with Crippen LogP contribution in [0.4, 0.5) is 5.69 Å². The average molecular weight is 410 g/mol. The van der Waals surface area contributed by atoms with Crippen LogP contribution >= 0.6 is 0 Å². The summed E-state index contributed by atoms with van der Waals surface area (Å²) in [5.74, 6) is 1.08. The van der Waals surface area contributed by atoms with E-state index in [4.69, 9.17) is 9.15 Å². The van der Waals surface area contributed by atoms with Crippen LogP contribution < -0.4 is 9.46 Å². The molecule has 0 fully saturated rings. The van der Waals surface area contributed by atoms with E-state index in [1.165, 1.54) is 25.6 Å². The average Bonchev–Trinajstić information content (AvgIpc) is 3.40. The summed E-state index contributed by atoms with van der Waals surface area (Å²) < 4.78 is 40.5. The second kappa shape index (κ2) is 7.44. The highest BCUT2D eigenvalue weighted by Crippen LogP contribution is 2.28. The highest BCUT2D eigenvalue weighted by Gasteiger charge is 2.16. The molecule has 2 aromatic carbocycles. The molecule has 29 heavy (non-hydrogen) atoms. The smallest absolute Gasteiger partial charge is 0.261 e. The lowest BCUT2D eigenvalue weighted by atomic mass is 10.2. The largest absolute Gasteiger partial charge is 0.494 e. The zero-order chi connectivity index (χ0) is 20.4. The van der Waals surface area contributed by atoms with Gasteiger partial charge in [-0.1, -0.05) is 0 Å². The highest BCUT2D eigenvalue weighted by atomic mass is 32.2. The summed E-state index contributed by atoms with van der Waals surface area (Å²) in [6.07, 6.45) is 6.42. The molecule has 0 unspecified atom stereocenters. The molecule has 4 aromatic rings. The van der Waals surface area contributed by atoms with Gasteiger partial charge in [-0.05, 0) is 43.3 Å². The molecule has 0 saturated carbocycles. The molecule has 0 saturated heterocycles. The van der Waals surface area contributed by atoms with Gasteiger partial charge in [-0.3, -0.25) is 4.72 Å². The number of aromatic nitrogens is 3. The van der Waals surface area contributed by atoms with Crippen molar-refractivity contribution in [3.8, 4) is 22.8 Å². The Morgan fingerprint density at radius 3 is 2.55 bits per heavy atom. The number of imidazole rings is 1. The summed E-state index contributed by atoms with van der Waals surface area (Å²) in [5.41, 5.74) is 2.75. The van der Waals surface area contributed by atoms with Gasteiger partial charge in [-0.15, -0.1) is 0 Å². The van der Waals surface area contributed by atoms with E-state index in [2.05, 4.69) is 14.7 Å². The van der Waals surface area contributed by atoms with E-state index >= 15 is 0 Å². The highest BCUT2D eigenvalue weighted by molar-refractivity contribution is 7.92. The van der Waals surface area contributed by atoms with Crippen molar-refractivity contribution in [2.45, 2.75) is 11.8 Å². The Morgan fingerprint density at radius 1 is 1.14 bits per heavy atom. The van der Waals surface area contributed by atoms with Crippen molar-refractivity contribution in [1.29, 1.82) is 0 Å². The molecule has 148 valence electrons. The molecular weight excluding hydrogens is 392 g/mol. The fourth-order valence-corrected chi connectivity index (χ4v) is 3.93. The lowest BCUT2D eigenvalue weighted by Gasteiger charge is -2.13. The standard InChI is InChI=1S/C20H18N4O4S/c1-14-11-24(12-22-14)18-8-5-16(9-19(18)27-2)23-29(25,26)17-6-3-15(4-7-17)20-10-21-13-28-20/h3-13,23H,1-2H3. The summed E-state index contributed by atoms with van der Waals surface area (Å²) in [5, 5.41) is 0. The van der Waals surface area contributed by atoms with Crippen LogP contribution in [0.1, 0.15) is 5.69 Å². The Morgan fingerprint density at radius 2 is 1.93 bits per heavy atom. The van der Waals surface area contributed by atoms with Crippen molar-refractivity contribution < 1.29 is 17.6 Å². The summed E-state index contributed by atoms with van der Waals surface area (Å²) in [4.78, 5) is 8.19. The molecule has 0 bridgehead atoms. The Hall–Kier alpha value is -3.59. The fourth-order valence-electron chi connectivity index (χ4n) is 2.88. The molecule has 2 aromatic heterocycles. The van der Waals surface area contributed by atoms with Crippen molar-refractivity contribution in [2.24, 2.45) is 0 Å². The van der Waals surface area contributed by atoms with Gasteiger partial charge in [0.25, 0.3) is 10.0 Å². The normalized spacial score (nSPS) is 11.4.